The molecular formula is C14H25BN3O9P. The molecule has 0 amide bonds. The average molecular weight is 421 g/mol. The van der Waals surface area contributed by atoms with E-state index in [4.69, 9.17) is 23.5 Å². The van der Waals surface area contributed by atoms with Gasteiger partial charge in [0.05, 0.1) is 32.0 Å². The van der Waals surface area contributed by atoms with Gasteiger partial charge in [0.15, 0.2) is 0 Å². The predicted octanol–water partition coefficient (Wildman–Crippen LogP) is -1.14. The Morgan fingerprint density at radius 1 is 1.43 bits per heavy atom. The summed E-state index contributed by atoms with van der Waals surface area (Å²) in [7, 11) is 0.0473. The second kappa shape index (κ2) is 10.4. The van der Waals surface area contributed by atoms with Crippen LogP contribution in [0.2, 0.25) is 0 Å². The summed E-state index contributed by atoms with van der Waals surface area (Å²) in [6.07, 6.45) is -0.627. The molecule has 0 saturated carbocycles. The van der Waals surface area contributed by atoms with Crippen LogP contribution in [0.1, 0.15) is 12.6 Å². The molecule has 1 N–H and O–H groups in total. The number of carbonyl (C=O) groups is 1. The molecule has 2 unspecified atom stereocenters. The summed E-state index contributed by atoms with van der Waals surface area (Å²) < 4.78 is 44.4. The number of ether oxygens (including phenoxy) is 4. The Labute approximate surface area is 163 Å². The maximum atomic E-state index is 11.9. The number of aromatic nitrogens is 3. The lowest BCUT2D eigenvalue weighted by molar-refractivity contribution is -0.144. The highest BCUT2D eigenvalue weighted by Gasteiger charge is 2.47. The van der Waals surface area contributed by atoms with E-state index in [1.165, 1.54) is 11.8 Å². The molecule has 14 heteroatoms. The van der Waals surface area contributed by atoms with Crippen LogP contribution in [-0.4, -0.2) is 85.5 Å². The van der Waals surface area contributed by atoms with Crippen LogP contribution < -0.4 is 0 Å². The van der Waals surface area contributed by atoms with Gasteiger partial charge in [-0.2, -0.15) is 0 Å². The molecule has 1 aromatic heterocycles. The minimum absolute atomic E-state index is 0.0312. The van der Waals surface area contributed by atoms with E-state index in [9.17, 15) is 14.3 Å². The molecular weight excluding hydrogens is 396 g/mol. The fourth-order valence-corrected chi connectivity index (χ4v) is 3.41. The highest BCUT2D eigenvalue weighted by atomic mass is 31.2. The summed E-state index contributed by atoms with van der Waals surface area (Å²) in [5.41, 5.74) is 0.462. The third-order valence-electron chi connectivity index (χ3n) is 3.97. The summed E-state index contributed by atoms with van der Waals surface area (Å²) in [6, 6.07) is -0.434. The van der Waals surface area contributed by atoms with E-state index in [0.717, 1.165) is 7.11 Å². The van der Waals surface area contributed by atoms with Crippen molar-refractivity contribution in [2.45, 2.75) is 44.4 Å². The van der Waals surface area contributed by atoms with E-state index in [1.807, 2.05) is 0 Å². The van der Waals surface area contributed by atoms with Gasteiger partial charge in [-0.05, 0) is 6.92 Å². The Bertz CT molecular complexity index is 691. The number of carbonyl (C=O) groups excluding carboxylic acids is 1. The largest absolute Gasteiger partial charge is 0.472 e. The zero-order valence-electron chi connectivity index (χ0n) is 16.2. The summed E-state index contributed by atoms with van der Waals surface area (Å²) in [5, 5.41) is 7.77. The number of methoxy groups -OCH3 is 1. The molecule has 0 aliphatic carbocycles. The van der Waals surface area contributed by atoms with Crippen LogP contribution in [0.25, 0.3) is 0 Å². The molecule has 5 atom stereocenters. The number of phosphoric acid groups is 1. The lowest BCUT2D eigenvalue weighted by Gasteiger charge is -2.24. The van der Waals surface area contributed by atoms with E-state index in [-0.39, 0.29) is 26.4 Å². The molecule has 0 bridgehead atoms. The van der Waals surface area contributed by atoms with Crippen LogP contribution in [0.4, 0.5) is 0 Å². The monoisotopic (exact) mass is 421 g/mol. The predicted molar refractivity (Wildman–Crippen MR) is 96.0 cm³/mol. The highest BCUT2D eigenvalue weighted by molar-refractivity contribution is 7.47. The van der Waals surface area contributed by atoms with Gasteiger partial charge in [-0.1, -0.05) is 5.21 Å². The maximum Gasteiger partial charge on any atom is 0.472 e. The molecule has 28 heavy (non-hydrogen) atoms. The number of phosphoric ester groups is 1. The fraction of sp³-hybridized carbons (Fsp3) is 0.786. The van der Waals surface area contributed by atoms with Crippen molar-refractivity contribution < 1.29 is 42.2 Å². The molecule has 2 heterocycles. The van der Waals surface area contributed by atoms with E-state index >= 15 is 0 Å². The second-order valence-electron chi connectivity index (χ2n) is 6.04. The summed E-state index contributed by atoms with van der Waals surface area (Å²) >= 11 is 0. The lowest BCUT2D eigenvalue weighted by atomic mass is 9.93. The first kappa shape index (κ1) is 22.9. The van der Waals surface area contributed by atoms with Gasteiger partial charge in [0, 0.05) is 14.2 Å². The summed E-state index contributed by atoms with van der Waals surface area (Å²) in [4.78, 5) is 21.2. The molecule has 1 fully saturated rings. The van der Waals surface area contributed by atoms with Gasteiger partial charge in [-0.25, -0.2) is 9.25 Å². The van der Waals surface area contributed by atoms with Crippen molar-refractivity contribution in [1.82, 2.24) is 15.0 Å². The number of rotatable bonds is 11. The zero-order valence-corrected chi connectivity index (χ0v) is 17.1. The van der Waals surface area contributed by atoms with Crippen molar-refractivity contribution in [2.75, 3.05) is 27.4 Å². The highest BCUT2D eigenvalue weighted by Crippen LogP contribution is 2.46. The van der Waals surface area contributed by atoms with E-state index in [1.54, 1.807) is 21.0 Å². The molecule has 158 valence electrons. The number of esters is 1. The van der Waals surface area contributed by atoms with Crippen molar-refractivity contribution in [3.05, 3.63) is 11.9 Å². The van der Waals surface area contributed by atoms with Crippen molar-refractivity contribution in [2.24, 2.45) is 0 Å². The minimum Gasteiger partial charge on any atom is -0.465 e. The van der Waals surface area contributed by atoms with Crippen molar-refractivity contribution >= 4 is 21.6 Å². The van der Waals surface area contributed by atoms with E-state index in [2.05, 4.69) is 14.8 Å². The van der Waals surface area contributed by atoms with Crippen LogP contribution in [0.15, 0.2) is 6.20 Å². The Balaban J connectivity index is 2.01. The van der Waals surface area contributed by atoms with Crippen LogP contribution >= 0.6 is 7.82 Å². The van der Waals surface area contributed by atoms with Crippen LogP contribution in [-0.2, 0) is 50.5 Å². The molecule has 2 rings (SSSR count). The third-order valence-corrected chi connectivity index (χ3v) is 4.94. The van der Waals surface area contributed by atoms with Crippen LogP contribution in [0.3, 0.4) is 0 Å². The SMILES string of the molecule is B[C@@H]1O[C@H](COC)C(OP(=O)(O)OC)[C@@H]1OCc1cn(CC(=O)OCC)nn1. The molecule has 0 aromatic carbocycles. The number of hydrogen-bond acceptors (Lipinski definition) is 10. The van der Waals surface area contributed by atoms with Gasteiger partial charge in [0.2, 0.25) is 0 Å². The van der Waals surface area contributed by atoms with Gasteiger partial charge in [0.1, 0.15) is 38.4 Å². The number of hydrogen-bond donors (Lipinski definition) is 1. The van der Waals surface area contributed by atoms with E-state index in [0.29, 0.717) is 5.69 Å². The first-order valence-electron chi connectivity index (χ1n) is 8.67. The lowest BCUT2D eigenvalue weighted by Crippen LogP contribution is -2.38. The molecule has 0 spiro atoms. The van der Waals surface area contributed by atoms with Crippen LogP contribution in [0.5, 0.6) is 0 Å². The van der Waals surface area contributed by atoms with Crippen molar-refractivity contribution in [3.63, 3.8) is 0 Å². The Morgan fingerprint density at radius 3 is 2.82 bits per heavy atom. The summed E-state index contributed by atoms with van der Waals surface area (Å²) in [5.74, 6) is -0.424. The number of nitrogens with zero attached hydrogens (tertiary/aromatic N) is 3. The van der Waals surface area contributed by atoms with Gasteiger partial charge in [-0.3, -0.25) is 13.8 Å². The second-order valence-corrected chi connectivity index (χ2v) is 7.56. The molecule has 12 nitrogen and oxygen atoms in total. The Kier molecular flexibility index (Phi) is 8.56. The van der Waals surface area contributed by atoms with E-state index < -0.39 is 38.1 Å². The Hall–Kier alpha value is -1.34. The zero-order chi connectivity index (χ0) is 20.7. The fourth-order valence-electron chi connectivity index (χ4n) is 2.77. The summed E-state index contributed by atoms with van der Waals surface area (Å²) in [6.45, 7) is 2.11. The molecule has 1 aromatic rings. The topological polar surface area (TPSA) is 140 Å². The van der Waals surface area contributed by atoms with Crippen LogP contribution in [0, 0.1) is 0 Å². The normalized spacial score (nSPS) is 26.9. The molecule has 1 saturated heterocycles. The third kappa shape index (κ3) is 6.34. The molecule has 1 aliphatic rings. The molecule has 0 radical (unpaired) electrons. The quantitative estimate of drug-likeness (QED) is 0.263. The molecule has 1 aliphatic heterocycles. The first-order valence-corrected chi connectivity index (χ1v) is 10.2. The standard InChI is InChI=1S/C14H25BN3O9P/c1-4-24-11(19)6-18-5-9(16-17-18)7-25-13-12(27-28(20,21)23-3)10(8-22-2)26-14(13)15/h5,10,12-14H,4,6-8,15H2,1-3H3,(H,20,21)/t10-,12?,13+,14-/m1/s1. The Morgan fingerprint density at radius 2 is 2.18 bits per heavy atom. The first-order chi connectivity index (χ1) is 13.3. The van der Waals surface area contributed by atoms with Gasteiger partial charge < -0.3 is 23.8 Å². The van der Waals surface area contributed by atoms with Crippen molar-refractivity contribution in [1.29, 1.82) is 0 Å². The average Bonchev–Trinajstić information content (AvgIpc) is 3.18. The smallest absolute Gasteiger partial charge is 0.465 e. The van der Waals surface area contributed by atoms with Gasteiger partial charge in [-0.15, -0.1) is 5.10 Å². The van der Waals surface area contributed by atoms with Gasteiger partial charge in [0.25, 0.3) is 0 Å². The van der Waals surface area contributed by atoms with Crippen molar-refractivity contribution in [3.8, 4) is 0 Å². The maximum absolute atomic E-state index is 11.9. The minimum atomic E-state index is -4.26. The van der Waals surface area contributed by atoms with Gasteiger partial charge >= 0.3 is 13.8 Å².